The van der Waals surface area contributed by atoms with Gasteiger partial charge in [-0.3, -0.25) is 0 Å². The van der Waals surface area contributed by atoms with Crippen LogP contribution in [0.25, 0.3) is 0 Å². The Kier molecular flexibility index (Phi) is 4.23. The zero-order valence-corrected chi connectivity index (χ0v) is 12.8. The van der Waals surface area contributed by atoms with E-state index in [0.29, 0.717) is 17.2 Å². The molecule has 1 aliphatic rings. The molecule has 0 radical (unpaired) electrons. The summed E-state index contributed by atoms with van der Waals surface area (Å²) in [5.74, 6) is -0.468. The smallest absolute Gasteiger partial charge is 0.348 e. The maximum atomic E-state index is 13.6. The first-order chi connectivity index (χ1) is 10.5. The molecule has 3 rings (SSSR count). The van der Waals surface area contributed by atoms with Gasteiger partial charge in [-0.15, -0.1) is 0 Å². The van der Waals surface area contributed by atoms with Gasteiger partial charge in [0.25, 0.3) is 0 Å². The highest BCUT2D eigenvalue weighted by atomic mass is 35.5. The second-order valence-corrected chi connectivity index (χ2v) is 5.71. The number of fused-ring (bicyclic) bond motifs is 1. The lowest BCUT2D eigenvalue weighted by Gasteiger charge is -2.11. The summed E-state index contributed by atoms with van der Waals surface area (Å²) in [6.45, 7) is -0.235. The molecule has 0 N–H and O–H groups in total. The number of rotatable bonds is 3. The van der Waals surface area contributed by atoms with Crippen molar-refractivity contribution in [3.05, 3.63) is 63.4 Å². The van der Waals surface area contributed by atoms with Gasteiger partial charge in [-0.2, -0.15) is 0 Å². The molecule has 1 aliphatic heterocycles. The summed E-state index contributed by atoms with van der Waals surface area (Å²) in [6, 6.07) is 9.43. The summed E-state index contributed by atoms with van der Waals surface area (Å²) >= 11 is 11.8. The number of halogens is 3. The molecule has 0 aliphatic carbocycles. The molecular formula is C16H11Cl2FO3. The van der Waals surface area contributed by atoms with E-state index in [-0.39, 0.29) is 17.2 Å². The van der Waals surface area contributed by atoms with Crippen LogP contribution in [0.2, 0.25) is 10.0 Å². The van der Waals surface area contributed by atoms with Crippen LogP contribution in [0.3, 0.4) is 0 Å². The van der Waals surface area contributed by atoms with E-state index in [2.05, 4.69) is 0 Å². The summed E-state index contributed by atoms with van der Waals surface area (Å²) in [5, 5.41) is 0.796. The molecule has 1 atom stereocenters. The van der Waals surface area contributed by atoms with Crippen LogP contribution >= 0.6 is 23.2 Å². The van der Waals surface area contributed by atoms with Crippen molar-refractivity contribution in [2.24, 2.45) is 0 Å². The third-order valence-electron chi connectivity index (χ3n) is 3.38. The molecule has 0 fully saturated rings. The summed E-state index contributed by atoms with van der Waals surface area (Å²) in [5.41, 5.74) is 0.995. The van der Waals surface area contributed by atoms with E-state index in [1.807, 2.05) is 0 Å². The molecule has 0 unspecified atom stereocenters. The fourth-order valence-corrected chi connectivity index (χ4v) is 2.67. The fourth-order valence-electron chi connectivity index (χ4n) is 2.26. The van der Waals surface area contributed by atoms with Gasteiger partial charge in [0, 0.05) is 17.0 Å². The molecule has 3 nitrogen and oxygen atoms in total. The van der Waals surface area contributed by atoms with Crippen molar-refractivity contribution in [2.45, 2.75) is 19.1 Å². The molecular weight excluding hydrogens is 330 g/mol. The number of esters is 1. The van der Waals surface area contributed by atoms with E-state index in [1.54, 1.807) is 18.2 Å². The van der Waals surface area contributed by atoms with Gasteiger partial charge in [0.1, 0.15) is 18.2 Å². The lowest BCUT2D eigenvalue weighted by atomic mass is 10.1. The van der Waals surface area contributed by atoms with Crippen molar-refractivity contribution < 1.29 is 18.7 Å². The maximum absolute atomic E-state index is 13.6. The van der Waals surface area contributed by atoms with E-state index >= 15 is 0 Å². The lowest BCUT2D eigenvalue weighted by molar-refractivity contribution is -0.152. The van der Waals surface area contributed by atoms with Crippen molar-refractivity contribution in [1.82, 2.24) is 0 Å². The number of carbonyl (C=O) groups is 1. The molecule has 0 saturated carbocycles. The Balaban J connectivity index is 1.65. The summed E-state index contributed by atoms with van der Waals surface area (Å²) in [7, 11) is 0. The van der Waals surface area contributed by atoms with Crippen molar-refractivity contribution in [1.29, 1.82) is 0 Å². The Morgan fingerprint density at radius 2 is 2.14 bits per heavy atom. The van der Waals surface area contributed by atoms with Crippen LogP contribution in [-0.4, -0.2) is 12.1 Å². The zero-order valence-electron chi connectivity index (χ0n) is 11.3. The normalized spacial score (nSPS) is 16.0. The molecule has 0 aromatic heterocycles. The highest BCUT2D eigenvalue weighted by Crippen LogP contribution is 2.31. The molecule has 0 bridgehead atoms. The molecule has 1 heterocycles. The molecule has 6 heteroatoms. The van der Waals surface area contributed by atoms with Crippen molar-refractivity contribution in [3.63, 3.8) is 0 Å². The van der Waals surface area contributed by atoms with Gasteiger partial charge in [0.15, 0.2) is 6.10 Å². The molecule has 0 saturated heterocycles. The Morgan fingerprint density at radius 1 is 1.32 bits per heavy atom. The maximum Gasteiger partial charge on any atom is 0.348 e. The average molecular weight is 341 g/mol. The summed E-state index contributed by atoms with van der Waals surface area (Å²) < 4.78 is 24.2. The van der Waals surface area contributed by atoms with Crippen molar-refractivity contribution in [3.8, 4) is 5.75 Å². The summed E-state index contributed by atoms with van der Waals surface area (Å²) in [6.07, 6.45) is -0.376. The first-order valence-electron chi connectivity index (χ1n) is 6.59. The minimum Gasteiger partial charge on any atom is -0.478 e. The Bertz CT molecular complexity index is 713. The monoisotopic (exact) mass is 340 g/mol. The molecule has 2 aromatic rings. The van der Waals surface area contributed by atoms with Gasteiger partial charge in [-0.1, -0.05) is 29.3 Å². The molecule has 2 aromatic carbocycles. The zero-order chi connectivity index (χ0) is 15.7. The molecule has 114 valence electrons. The Morgan fingerprint density at radius 3 is 2.91 bits per heavy atom. The van der Waals surface area contributed by atoms with Crippen molar-refractivity contribution in [2.75, 3.05) is 0 Å². The van der Waals surface area contributed by atoms with E-state index in [9.17, 15) is 9.18 Å². The highest BCUT2D eigenvalue weighted by Gasteiger charge is 2.30. The Labute approximate surface area is 136 Å². The highest BCUT2D eigenvalue weighted by molar-refractivity contribution is 6.31. The number of hydrogen-bond acceptors (Lipinski definition) is 3. The Hall–Kier alpha value is -1.78. The average Bonchev–Trinajstić information content (AvgIpc) is 2.89. The lowest BCUT2D eigenvalue weighted by Crippen LogP contribution is -2.27. The van der Waals surface area contributed by atoms with E-state index < -0.39 is 17.9 Å². The van der Waals surface area contributed by atoms with Gasteiger partial charge < -0.3 is 9.47 Å². The number of ether oxygens (including phenoxy) is 2. The minimum absolute atomic E-state index is 0.149. The standard InChI is InChI=1S/C16H11Cl2FO3/c17-10-4-5-14-9(6-10)7-15(22-14)16(20)21-8-11-12(18)2-1-3-13(11)19/h1-6,15H,7-8H2/t15-/m1/s1. The number of hydrogen-bond donors (Lipinski definition) is 0. The molecule has 0 spiro atoms. The SMILES string of the molecule is O=C(OCc1c(F)cccc1Cl)[C@H]1Cc2cc(Cl)ccc2O1. The number of benzene rings is 2. The van der Waals surface area contributed by atoms with E-state index in [0.717, 1.165) is 5.56 Å². The second kappa shape index (κ2) is 6.15. The van der Waals surface area contributed by atoms with Gasteiger partial charge in [0.05, 0.1) is 5.02 Å². The second-order valence-electron chi connectivity index (χ2n) is 4.87. The van der Waals surface area contributed by atoms with Gasteiger partial charge in [-0.05, 0) is 35.9 Å². The quantitative estimate of drug-likeness (QED) is 0.786. The topological polar surface area (TPSA) is 35.5 Å². The first-order valence-corrected chi connectivity index (χ1v) is 7.35. The van der Waals surface area contributed by atoms with Gasteiger partial charge in [-0.25, -0.2) is 9.18 Å². The number of carbonyl (C=O) groups excluding carboxylic acids is 1. The molecule has 22 heavy (non-hydrogen) atoms. The van der Waals surface area contributed by atoms with Crippen LogP contribution in [0.5, 0.6) is 5.75 Å². The van der Waals surface area contributed by atoms with Gasteiger partial charge in [0.2, 0.25) is 0 Å². The van der Waals surface area contributed by atoms with Crippen LogP contribution < -0.4 is 4.74 Å². The van der Waals surface area contributed by atoms with Crippen LogP contribution in [0.1, 0.15) is 11.1 Å². The predicted octanol–water partition coefficient (Wildman–Crippen LogP) is 4.18. The van der Waals surface area contributed by atoms with Crippen molar-refractivity contribution >= 4 is 29.2 Å². The van der Waals surface area contributed by atoms with Gasteiger partial charge >= 0.3 is 5.97 Å². The van der Waals surface area contributed by atoms with E-state index in [1.165, 1.54) is 18.2 Å². The minimum atomic E-state index is -0.751. The third kappa shape index (κ3) is 3.03. The van der Waals surface area contributed by atoms with Crippen LogP contribution in [0.15, 0.2) is 36.4 Å². The van der Waals surface area contributed by atoms with E-state index in [4.69, 9.17) is 32.7 Å². The predicted molar refractivity (Wildman–Crippen MR) is 80.8 cm³/mol. The summed E-state index contributed by atoms with van der Waals surface area (Å²) in [4.78, 5) is 12.0. The van der Waals surface area contributed by atoms with Crippen LogP contribution in [0, 0.1) is 5.82 Å². The molecule has 0 amide bonds. The first kappa shape index (κ1) is 15.1. The van der Waals surface area contributed by atoms with Crippen LogP contribution in [0.4, 0.5) is 4.39 Å². The fraction of sp³-hybridized carbons (Fsp3) is 0.188. The largest absolute Gasteiger partial charge is 0.478 e. The van der Waals surface area contributed by atoms with Crippen LogP contribution in [-0.2, 0) is 22.6 Å². The third-order valence-corrected chi connectivity index (χ3v) is 3.97.